The number of benzene rings is 1. The third-order valence-electron chi connectivity index (χ3n) is 3.76. The van der Waals surface area contributed by atoms with E-state index in [1.165, 1.54) is 0 Å². The second-order valence-electron chi connectivity index (χ2n) is 5.22. The molecule has 2 rings (SSSR count). The van der Waals surface area contributed by atoms with Gasteiger partial charge in [0.1, 0.15) is 16.9 Å². The summed E-state index contributed by atoms with van der Waals surface area (Å²) in [5.74, 6) is 1.89. The van der Waals surface area contributed by atoms with E-state index in [1.807, 2.05) is 18.2 Å². The van der Waals surface area contributed by atoms with Gasteiger partial charge in [-0.2, -0.15) is 0 Å². The second-order valence-corrected chi connectivity index (χ2v) is 6.41. The Hall–Kier alpha value is -1.89. The lowest BCUT2D eigenvalue weighted by Gasteiger charge is -2.25. The Labute approximate surface area is 146 Å². The number of carbonyl (C=O) groups is 2. The van der Waals surface area contributed by atoms with Gasteiger partial charge in [-0.1, -0.05) is 0 Å². The molecule has 6 nitrogen and oxygen atoms in total. The van der Waals surface area contributed by atoms with Crippen LogP contribution in [0.15, 0.2) is 18.2 Å². The van der Waals surface area contributed by atoms with Gasteiger partial charge in [0, 0.05) is 24.3 Å². The van der Waals surface area contributed by atoms with Crippen LogP contribution in [0.1, 0.15) is 30.7 Å². The van der Waals surface area contributed by atoms with Crippen LogP contribution >= 0.6 is 11.8 Å². The number of nitrogens with zero attached hydrogens (tertiary/aromatic N) is 1. The zero-order valence-corrected chi connectivity index (χ0v) is 15.1. The third-order valence-corrected chi connectivity index (χ3v) is 5.00. The maximum Gasteiger partial charge on any atom is 0.306 e. The fourth-order valence-corrected chi connectivity index (χ4v) is 3.89. The first-order valence-electron chi connectivity index (χ1n) is 7.89. The standard InChI is InChI=1S/C17H23NO5S/c1-4-23-16(20)8-7-15(19)18-9-10-24-17(18)13-11-12(21-2)5-6-14(13)22-3/h5-6,11,17H,4,7-10H2,1-3H3/t17-/m1/s1. The van der Waals surface area contributed by atoms with Crippen LogP contribution in [0.2, 0.25) is 0 Å². The Balaban J connectivity index is 2.12. The molecule has 0 unspecified atom stereocenters. The van der Waals surface area contributed by atoms with E-state index in [0.717, 1.165) is 22.8 Å². The van der Waals surface area contributed by atoms with Crippen LogP contribution in [0.3, 0.4) is 0 Å². The van der Waals surface area contributed by atoms with Gasteiger partial charge in [0.05, 0.1) is 27.2 Å². The van der Waals surface area contributed by atoms with Gasteiger partial charge in [-0.25, -0.2) is 0 Å². The molecule has 0 aromatic heterocycles. The molecule has 0 saturated carbocycles. The number of amides is 1. The summed E-state index contributed by atoms with van der Waals surface area (Å²) in [5, 5.41) is -0.134. The lowest BCUT2D eigenvalue weighted by molar-refractivity contribution is -0.145. The summed E-state index contributed by atoms with van der Waals surface area (Å²) < 4.78 is 15.6. The molecule has 7 heteroatoms. The van der Waals surface area contributed by atoms with Crippen molar-refractivity contribution in [2.24, 2.45) is 0 Å². The van der Waals surface area contributed by atoms with E-state index in [9.17, 15) is 9.59 Å². The van der Waals surface area contributed by atoms with Crippen molar-refractivity contribution >= 4 is 23.6 Å². The number of carbonyl (C=O) groups excluding carboxylic acids is 2. The van der Waals surface area contributed by atoms with Crippen molar-refractivity contribution in [3.05, 3.63) is 23.8 Å². The van der Waals surface area contributed by atoms with Crippen LogP contribution in [0.4, 0.5) is 0 Å². The molecule has 1 aromatic carbocycles. The minimum absolute atomic E-state index is 0.0528. The fraction of sp³-hybridized carbons (Fsp3) is 0.529. The Morgan fingerprint density at radius 2 is 2.04 bits per heavy atom. The van der Waals surface area contributed by atoms with Gasteiger partial charge >= 0.3 is 5.97 Å². The molecule has 1 aromatic rings. The van der Waals surface area contributed by atoms with Gasteiger partial charge in [0.2, 0.25) is 5.91 Å². The Morgan fingerprint density at radius 3 is 2.71 bits per heavy atom. The molecule has 0 N–H and O–H groups in total. The largest absolute Gasteiger partial charge is 0.497 e. The van der Waals surface area contributed by atoms with Crippen LogP contribution in [-0.4, -0.2) is 49.9 Å². The maximum atomic E-state index is 12.5. The average molecular weight is 353 g/mol. The Morgan fingerprint density at radius 1 is 1.25 bits per heavy atom. The van der Waals surface area contributed by atoms with Gasteiger partial charge in [0.15, 0.2) is 0 Å². The van der Waals surface area contributed by atoms with Gasteiger partial charge in [-0.15, -0.1) is 11.8 Å². The first kappa shape index (κ1) is 18.4. The van der Waals surface area contributed by atoms with Crippen molar-refractivity contribution < 1.29 is 23.8 Å². The third kappa shape index (κ3) is 4.35. The molecule has 0 radical (unpaired) electrons. The van der Waals surface area contributed by atoms with E-state index in [1.54, 1.807) is 37.8 Å². The van der Waals surface area contributed by atoms with E-state index < -0.39 is 0 Å². The number of esters is 1. The second kappa shape index (κ2) is 8.82. The topological polar surface area (TPSA) is 65.1 Å². The van der Waals surface area contributed by atoms with Crippen LogP contribution in [0, 0.1) is 0 Å². The quantitative estimate of drug-likeness (QED) is 0.702. The molecule has 0 aliphatic carbocycles. The van der Waals surface area contributed by atoms with Gasteiger partial charge in [-0.05, 0) is 25.1 Å². The molecule has 1 amide bonds. The van der Waals surface area contributed by atoms with Crippen LogP contribution in [-0.2, 0) is 14.3 Å². The Kier molecular flexibility index (Phi) is 6.78. The summed E-state index contributed by atoms with van der Waals surface area (Å²) in [6.07, 6.45) is 0.262. The summed E-state index contributed by atoms with van der Waals surface area (Å²) in [4.78, 5) is 25.8. The number of hydrogen-bond donors (Lipinski definition) is 0. The van der Waals surface area contributed by atoms with Crippen molar-refractivity contribution in [2.45, 2.75) is 25.1 Å². The summed E-state index contributed by atoms with van der Waals surface area (Å²) in [6, 6.07) is 5.57. The molecule has 24 heavy (non-hydrogen) atoms. The fourth-order valence-electron chi connectivity index (χ4n) is 2.60. The molecular weight excluding hydrogens is 330 g/mol. The minimum Gasteiger partial charge on any atom is -0.497 e. The highest BCUT2D eigenvalue weighted by Crippen LogP contribution is 2.43. The van der Waals surface area contributed by atoms with Gasteiger partial charge in [-0.3, -0.25) is 9.59 Å². The van der Waals surface area contributed by atoms with E-state index >= 15 is 0 Å². The monoisotopic (exact) mass is 353 g/mol. The molecule has 1 aliphatic heterocycles. The van der Waals surface area contributed by atoms with E-state index in [0.29, 0.717) is 13.2 Å². The van der Waals surface area contributed by atoms with Crippen molar-refractivity contribution in [1.29, 1.82) is 0 Å². The molecule has 1 atom stereocenters. The van der Waals surface area contributed by atoms with E-state index in [2.05, 4.69) is 0 Å². The molecule has 132 valence electrons. The highest BCUT2D eigenvalue weighted by Gasteiger charge is 2.32. The first-order chi connectivity index (χ1) is 11.6. The zero-order valence-electron chi connectivity index (χ0n) is 14.2. The number of methoxy groups -OCH3 is 2. The number of thioether (sulfide) groups is 1. The summed E-state index contributed by atoms with van der Waals surface area (Å²) in [6.45, 7) is 2.73. The Bertz CT molecular complexity index is 592. The lowest BCUT2D eigenvalue weighted by Crippen LogP contribution is -2.31. The number of ether oxygens (including phenoxy) is 3. The van der Waals surface area contributed by atoms with Gasteiger partial charge < -0.3 is 19.1 Å². The molecule has 1 fully saturated rings. The molecule has 1 saturated heterocycles. The van der Waals surface area contributed by atoms with Crippen LogP contribution < -0.4 is 9.47 Å². The normalized spacial score (nSPS) is 16.8. The molecule has 1 aliphatic rings. The van der Waals surface area contributed by atoms with Gasteiger partial charge in [0.25, 0.3) is 0 Å². The molecule has 1 heterocycles. The predicted molar refractivity (Wildman–Crippen MR) is 92.3 cm³/mol. The molecular formula is C17H23NO5S. The number of rotatable bonds is 7. The smallest absolute Gasteiger partial charge is 0.306 e. The molecule has 0 spiro atoms. The van der Waals surface area contributed by atoms with E-state index in [4.69, 9.17) is 14.2 Å². The van der Waals surface area contributed by atoms with Crippen molar-refractivity contribution in [3.63, 3.8) is 0 Å². The summed E-state index contributed by atoms with van der Waals surface area (Å²) >= 11 is 1.68. The van der Waals surface area contributed by atoms with Crippen LogP contribution in [0.25, 0.3) is 0 Å². The van der Waals surface area contributed by atoms with Crippen molar-refractivity contribution in [1.82, 2.24) is 4.90 Å². The lowest BCUT2D eigenvalue weighted by atomic mass is 10.1. The maximum absolute atomic E-state index is 12.5. The highest BCUT2D eigenvalue weighted by atomic mass is 32.2. The first-order valence-corrected chi connectivity index (χ1v) is 8.94. The zero-order chi connectivity index (χ0) is 17.5. The number of hydrogen-bond acceptors (Lipinski definition) is 6. The SMILES string of the molecule is CCOC(=O)CCC(=O)N1CCS[C@@H]1c1cc(OC)ccc1OC. The molecule has 0 bridgehead atoms. The van der Waals surface area contributed by atoms with Crippen molar-refractivity contribution in [3.8, 4) is 11.5 Å². The van der Waals surface area contributed by atoms with Crippen molar-refractivity contribution in [2.75, 3.05) is 33.1 Å². The summed E-state index contributed by atoms with van der Waals surface area (Å²) in [7, 11) is 3.22. The minimum atomic E-state index is -0.340. The van der Waals surface area contributed by atoms with Crippen LogP contribution in [0.5, 0.6) is 11.5 Å². The highest BCUT2D eigenvalue weighted by molar-refractivity contribution is 7.99. The van der Waals surface area contributed by atoms with E-state index in [-0.39, 0.29) is 30.1 Å². The predicted octanol–water partition coefficient (Wildman–Crippen LogP) is 2.62. The average Bonchev–Trinajstić information content (AvgIpc) is 3.09. The summed E-state index contributed by atoms with van der Waals surface area (Å²) in [5.41, 5.74) is 0.906.